The van der Waals surface area contributed by atoms with E-state index in [1.54, 1.807) is 0 Å². The second-order valence-corrected chi connectivity index (χ2v) is 3.66. The van der Waals surface area contributed by atoms with Gasteiger partial charge >= 0.3 is 0 Å². The number of amides is 1. The van der Waals surface area contributed by atoms with E-state index in [1.807, 2.05) is 6.92 Å². The van der Waals surface area contributed by atoms with Gasteiger partial charge in [0.1, 0.15) is 0 Å². The maximum absolute atomic E-state index is 11.3. The highest BCUT2D eigenvalue weighted by molar-refractivity contribution is 5.79. The molecule has 1 saturated heterocycles. The van der Waals surface area contributed by atoms with Crippen molar-refractivity contribution in [2.45, 2.75) is 6.92 Å². The van der Waals surface area contributed by atoms with Gasteiger partial charge in [0.25, 0.3) is 0 Å². The molecule has 1 rings (SSSR count). The van der Waals surface area contributed by atoms with Crippen LogP contribution >= 0.6 is 0 Å². The minimum absolute atomic E-state index is 0.127. The summed E-state index contributed by atoms with van der Waals surface area (Å²) >= 11 is 0. The fourth-order valence-electron chi connectivity index (χ4n) is 1.11. The second kappa shape index (κ2) is 5.78. The topological polar surface area (TPSA) is 50.4 Å². The summed E-state index contributed by atoms with van der Waals surface area (Å²) in [5.74, 6) is 0.291. The number of carbonyl (C=O) groups excluding carboxylic acids is 1. The maximum Gasteiger partial charge on any atom is 0.225 e. The van der Waals surface area contributed by atoms with Crippen molar-refractivity contribution < 1.29 is 9.53 Å². The van der Waals surface area contributed by atoms with Crippen molar-refractivity contribution in [1.29, 1.82) is 0 Å². The van der Waals surface area contributed by atoms with Crippen molar-refractivity contribution in [3.63, 3.8) is 0 Å². The van der Waals surface area contributed by atoms with Crippen molar-refractivity contribution in [2.75, 3.05) is 32.8 Å². The van der Waals surface area contributed by atoms with Gasteiger partial charge in [0.2, 0.25) is 5.91 Å². The van der Waals surface area contributed by atoms with E-state index in [9.17, 15) is 4.79 Å². The van der Waals surface area contributed by atoms with Crippen LogP contribution in [-0.4, -0.2) is 38.8 Å². The summed E-state index contributed by atoms with van der Waals surface area (Å²) in [7, 11) is 0. The van der Waals surface area contributed by atoms with Crippen molar-refractivity contribution >= 4 is 5.91 Å². The fraction of sp³-hybridized carbons (Fsp3) is 0.700. The fourth-order valence-corrected chi connectivity index (χ4v) is 1.11. The van der Waals surface area contributed by atoms with Gasteiger partial charge in [-0.3, -0.25) is 4.79 Å². The number of hydrogen-bond donors (Lipinski definition) is 2. The Morgan fingerprint density at radius 1 is 1.64 bits per heavy atom. The summed E-state index contributed by atoms with van der Waals surface area (Å²) in [6.07, 6.45) is 0. The number of hydrogen-bond acceptors (Lipinski definition) is 3. The normalized spacial score (nSPS) is 16.1. The number of rotatable bonds is 6. The molecule has 4 nitrogen and oxygen atoms in total. The number of ether oxygens (including phenoxy) is 1. The number of carbonyl (C=O) groups is 1. The molecule has 4 heteroatoms. The van der Waals surface area contributed by atoms with Crippen molar-refractivity contribution in [2.24, 2.45) is 5.92 Å². The average molecular weight is 198 g/mol. The summed E-state index contributed by atoms with van der Waals surface area (Å²) in [6.45, 7) is 8.95. The van der Waals surface area contributed by atoms with E-state index in [2.05, 4.69) is 17.2 Å². The Bertz CT molecular complexity index is 212. The van der Waals surface area contributed by atoms with Crippen LogP contribution in [0.2, 0.25) is 0 Å². The van der Waals surface area contributed by atoms with E-state index in [0.717, 1.165) is 18.7 Å². The van der Waals surface area contributed by atoms with Crippen LogP contribution in [0, 0.1) is 5.92 Å². The van der Waals surface area contributed by atoms with E-state index >= 15 is 0 Å². The minimum Gasteiger partial charge on any atom is -0.375 e. The standard InChI is InChI=1S/C10H18N2O2/c1-8(2)7-14-4-3-12-10(13)9-5-11-6-9/h9,11H,1,3-7H2,2H3,(H,12,13). The highest BCUT2D eigenvalue weighted by Crippen LogP contribution is 2.01. The first kappa shape index (κ1) is 11.2. The average Bonchev–Trinajstić information content (AvgIpc) is 1.99. The molecule has 0 spiro atoms. The van der Waals surface area contributed by atoms with E-state index in [0.29, 0.717) is 19.8 Å². The van der Waals surface area contributed by atoms with Gasteiger partial charge in [0, 0.05) is 19.6 Å². The summed E-state index contributed by atoms with van der Waals surface area (Å²) in [4.78, 5) is 11.3. The first-order valence-electron chi connectivity index (χ1n) is 4.90. The third-order valence-corrected chi connectivity index (χ3v) is 2.05. The predicted octanol–water partition coefficient (Wildman–Crippen LogP) is -0.0853. The first-order chi connectivity index (χ1) is 6.70. The molecule has 0 unspecified atom stereocenters. The lowest BCUT2D eigenvalue weighted by molar-refractivity contribution is -0.126. The largest absolute Gasteiger partial charge is 0.375 e. The molecule has 1 aliphatic rings. The Morgan fingerprint density at radius 3 is 2.86 bits per heavy atom. The zero-order valence-electron chi connectivity index (χ0n) is 8.64. The zero-order valence-corrected chi connectivity index (χ0v) is 8.64. The molecule has 1 aliphatic heterocycles. The van der Waals surface area contributed by atoms with E-state index < -0.39 is 0 Å². The molecule has 1 fully saturated rings. The molecule has 14 heavy (non-hydrogen) atoms. The van der Waals surface area contributed by atoms with Crippen LogP contribution in [-0.2, 0) is 9.53 Å². The molecular formula is C10H18N2O2. The van der Waals surface area contributed by atoms with Gasteiger partial charge in [0.15, 0.2) is 0 Å². The maximum atomic E-state index is 11.3. The van der Waals surface area contributed by atoms with Crippen LogP contribution in [0.25, 0.3) is 0 Å². The van der Waals surface area contributed by atoms with Gasteiger partial charge in [0.05, 0.1) is 19.1 Å². The lowest BCUT2D eigenvalue weighted by Gasteiger charge is -2.25. The van der Waals surface area contributed by atoms with Crippen molar-refractivity contribution in [3.8, 4) is 0 Å². The van der Waals surface area contributed by atoms with Gasteiger partial charge in [-0.15, -0.1) is 0 Å². The highest BCUT2D eigenvalue weighted by Gasteiger charge is 2.23. The molecule has 0 aromatic heterocycles. The minimum atomic E-state index is 0.127. The summed E-state index contributed by atoms with van der Waals surface area (Å²) in [5.41, 5.74) is 1.000. The first-order valence-corrected chi connectivity index (χ1v) is 4.90. The van der Waals surface area contributed by atoms with Gasteiger partial charge in [-0.05, 0) is 6.92 Å². The molecule has 2 N–H and O–H groups in total. The SMILES string of the molecule is C=C(C)COCCNC(=O)C1CNC1. The molecule has 0 aromatic rings. The molecule has 1 heterocycles. The van der Waals surface area contributed by atoms with Crippen LogP contribution in [0.4, 0.5) is 0 Å². The van der Waals surface area contributed by atoms with Crippen molar-refractivity contribution in [1.82, 2.24) is 10.6 Å². The lowest BCUT2D eigenvalue weighted by Crippen LogP contribution is -2.51. The summed E-state index contributed by atoms with van der Waals surface area (Å²) in [5, 5.41) is 5.88. The molecule has 0 radical (unpaired) electrons. The smallest absolute Gasteiger partial charge is 0.225 e. The molecule has 1 amide bonds. The quantitative estimate of drug-likeness (QED) is 0.463. The van der Waals surface area contributed by atoms with Crippen molar-refractivity contribution in [3.05, 3.63) is 12.2 Å². The third kappa shape index (κ3) is 3.89. The summed E-state index contributed by atoms with van der Waals surface area (Å²) < 4.78 is 5.25. The van der Waals surface area contributed by atoms with E-state index in [-0.39, 0.29) is 11.8 Å². The molecule has 0 aromatic carbocycles. The predicted molar refractivity (Wildman–Crippen MR) is 55.0 cm³/mol. The molecule has 80 valence electrons. The van der Waals surface area contributed by atoms with Gasteiger partial charge < -0.3 is 15.4 Å². The Balaban J connectivity index is 1.92. The lowest BCUT2D eigenvalue weighted by atomic mass is 10.0. The monoisotopic (exact) mass is 198 g/mol. The van der Waals surface area contributed by atoms with Gasteiger partial charge in [-0.25, -0.2) is 0 Å². The molecule has 0 aliphatic carbocycles. The Morgan fingerprint density at radius 2 is 2.36 bits per heavy atom. The van der Waals surface area contributed by atoms with Crippen LogP contribution < -0.4 is 10.6 Å². The van der Waals surface area contributed by atoms with E-state index in [1.165, 1.54) is 0 Å². The van der Waals surface area contributed by atoms with Crippen LogP contribution in [0.15, 0.2) is 12.2 Å². The molecule has 0 bridgehead atoms. The second-order valence-electron chi connectivity index (χ2n) is 3.66. The Labute approximate surface area is 84.7 Å². The van der Waals surface area contributed by atoms with Crippen LogP contribution in [0.5, 0.6) is 0 Å². The number of nitrogens with one attached hydrogen (secondary N) is 2. The molecule has 0 saturated carbocycles. The van der Waals surface area contributed by atoms with E-state index in [4.69, 9.17) is 4.74 Å². The summed E-state index contributed by atoms with van der Waals surface area (Å²) in [6, 6.07) is 0. The molecular weight excluding hydrogens is 180 g/mol. The van der Waals surface area contributed by atoms with Gasteiger partial charge in [-0.2, -0.15) is 0 Å². The van der Waals surface area contributed by atoms with Gasteiger partial charge in [-0.1, -0.05) is 12.2 Å². The van der Waals surface area contributed by atoms with Crippen LogP contribution in [0.1, 0.15) is 6.92 Å². The zero-order chi connectivity index (χ0) is 10.4. The molecule has 0 atom stereocenters. The Kier molecular flexibility index (Phi) is 4.62. The third-order valence-electron chi connectivity index (χ3n) is 2.05. The van der Waals surface area contributed by atoms with Crippen LogP contribution in [0.3, 0.4) is 0 Å². The Hall–Kier alpha value is -0.870. The highest BCUT2D eigenvalue weighted by atomic mass is 16.5.